The Morgan fingerprint density at radius 3 is 2.23 bits per heavy atom. The van der Waals surface area contributed by atoms with Gasteiger partial charge < -0.3 is 15.4 Å². The number of nitrogens with one attached hydrogen (secondary N) is 3. The van der Waals surface area contributed by atoms with Crippen molar-refractivity contribution in [3.8, 4) is 5.75 Å². The molecule has 0 saturated carbocycles. The third-order valence-electron chi connectivity index (χ3n) is 3.95. The van der Waals surface area contributed by atoms with Gasteiger partial charge in [-0.3, -0.25) is 4.72 Å². The highest BCUT2D eigenvalue weighted by Crippen LogP contribution is 2.27. The summed E-state index contributed by atoms with van der Waals surface area (Å²) < 4.78 is 32.9. The monoisotopic (exact) mass is 481 g/mol. The number of thiocarbonyl (C=S) groups is 1. The Bertz CT molecular complexity index is 1170. The highest BCUT2D eigenvalue weighted by Gasteiger charge is 2.15. The van der Waals surface area contributed by atoms with Crippen molar-refractivity contribution < 1.29 is 13.2 Å². The van der Waals surface area contributed by atoms with Crippen molar-refractivity contribution in [3.05, 3.63) is 76.8 Å². The second-order valence-corrected chi connectivity index (χ2v) is 8.94. The first-order valence-corrected chi connectivity index (χ1v) is 11.2. The summed E-state index contributed by atoms with van der Waals surface area (Å²) in [7, 11) is -2.22. The summed E-state index contributed by atoms with van der Waals surface area (Å²) in [6.45, 7) is 0. The average Bonchev–Trinajstić information content (AvgIpc) is 2.71. The Hall–Kier alpha value is -2.52. The van der Waals surface area contributed by atoms with Crippen molar-refractivity contribution in [3.63, 3.8) is 0 Å². The molecule has 3 aromatic carbocycles. The van der Waals surface area contributed by atoms with Gasteiger partial charge in [0.1, 0.15) is 5.75 Å². The number of hydrogen-bond acceptors (Lipinski definition) is 4. The van der Waals surface area contributed by atoms with Gasteiger partial charge in [0.2, 0.25) is 0 Å². The Kier molecular flexibility index (Phi) is 7.04. The molecule has 3 rings (SSSR count). The van der Waals surface area contributed by atoms with Crippen LogP contribution < -0.4 is 20.1 Å². The van der Waals surface area contributed by atoms with Crippen molar-refractivity contribution in [1.82, 2.24) is 0 Å². The van der Waals surface area contributed by atoms with Crippen LogP contribution in [0, 0.1) is 0 Å². The summed E-state index contributed by atoms with van der Waals surface area (Å²) in [5.41, 5.74) is 1.65. The number of halogens is 2. The van der Waals surface area contributed by atoms with Gasteiger partial charge in [0.15, 0.2) is 5.11 Å². The fraction of sp³-hybridized carbons (Fsp3) is 0.0500. The number of ether oxygens (including phenoxy) is 1. The first kappa shape index (κ1) is 22.2. The summed E-state index contributed by atoms with van der Waals surface area (Å²) in [5.74, 6) is 0.650. The largest absolute Gasteiger partial charge is 0.495 e. The predicted octanol–water partition coefficient (Wildman–Crippen LogP) is 5.61. The molecule has 0 atom stereocenters. The molecule has 0 amide bonds. The van der Waals surface area contributed by atoms with Crippen LogP contribution >= 0.6 is 35.4 Å². The first-order valence-electron chi connectivity index (χ1n) is 8.57. The van der Waals surface area contributed by atoms with Crippen LogP contribution in [0.3, 0.4) is 0 Å². The SMILES string of the molecule is COc1ccccc1NC(=S)Nc1ccc(S(=O)(=O)Nc2ccc(Cl)c(Cl)c2)cc1. The van der Waals surface area contributed by atoms with Gasteiger partial charge in [-0.1, -0.05) is 35.3 Å². The number of anilines is 3. The fourth-order valence-corrected chi connectivity index (χ4v) is 4.10. The molecule has 3 aromatic rings. The lowest BCUT2D eigenvalue weighted by molar-refractivity contribution is 0.417. The van der Waals surface area contributed by atoms with Crippen molar-refractivity contribution in [2.75, 3.05) is 22.5 Å². The number of hydrogen-bond donors (Lipinski definition) is 3. The topological polar surface area (TPSA) is 79.5 Å². The van der Waals surface area contributed by atoms with Gasteiger partial charge in [-0.2, -0.15) is 0 Å². The summed E-state index contributed by atoms with van der Waals surface area (Å²) in [4.78, 5) is 0.0859. The summed E-state index contributed by atoms with van der Waals surface area (Å²) in [6.07, 6.45) is 0. The average molecular weight is 482 g/mol. The normalized spacial score (nSPS) is 10.9. The van der Waals surface area contributed by atoms with E-state index in [2.05, 4.69) is 15.4 Å². The Labute approximate surface area is 190 Å². The summed E-state index contributed by atoms with van der Waals surface area (Å²) >= 11 is 17.1. The Morgan fingerprint density at radius 2 is 1.57 bits per heavy atom. The second-order valence-electron chi connectivity index (χ2n) is 6.04. The van der Waals surface area contributed by atoms with E-state index < -0.39 is 10.0 Å². The lowest BCUT2D eigenvalue weighted by Crippen LogP contribution is -2.19. The van der Waals surface area contributed by atoms with Crippen LogP contribution in [0.2, 0.25) is 10.0 Å². The summed E-state index contributed by atoms with van der Waals surface area (Å²) in [6, 6.07) is 18.0. The van der Waals surface area contributed by atoms with Gasteiger partial charge in [-0.15, -0.1) is 0 Å². The van der Waals surface area contributed by atoms with Gasteiger partial charge in [-0.05, 0) is 66.8 Å². The lowest BCUT2D eigenvalue weighted by atomic mass is 10.3. The first-order chi connectivity index (χ1) is 14.3. The zero-order valence-electron chi connectivity index (χ0n) is 15.6. The molecule has 0 aromatic heterocycles. The molecule has 30 heavy (non-hydrogen) atoms. The Morgan fingerprint density at radius 1 is 0.900 bits per heavy atom. The predicted molar refractivity (Wildman–Crippen MR) is 127 cm³/mol. The van der Waals surface area contributed by atoms with Crippen molar-refractivity contribution in [2.45, 2.75) is 4.90 Å². The minimum Gasteiger partial charge on any atom is -0.495 e. The minimum absolute atomic E-state index is 0.0859. The molecular formula is C20H17Cl2N3O3S2. The lowest BCUT2D eigenvalue weighted by Gasteiger charge is -2.14. The molecule has 6 nitrogen and oxygen atoms in total. The quantitative estimate of drug-likeness (QED) is 0.397. The molecule has 0 heterocycles. The molecule has 0 bridgehead atoms. The zero-order valence-corrected chi connectivity index (χ0v) is 18.8. The zero-order chi connectivity index (χ0) is 21.7. The summed E-state index contributed by atoms with van der Waals surface area (Å²) in [5, 5.41) is 6.97. The number of rotatable bonds is 6. The molecule has 10 heteroatoms. The maximum absolute atomic E-state index is 12.6. The number of benzene rings is 3. The molecule has 0 radical (unpaired) electrons. The van der Waals surface area contributed by atoms with E-state index in [1.54, 1.807) is 19.2 Å². The number of methoxy groups -OCH3 is 1. The molecular weight excluding hydrogens is 465 g/mol. The standard InChI is InChI=1S/C20H17Cl2N3O3S2/c1-28-19-5-3-2-4-18(19)24-20(29)23-13-6-9-15(10-7-13)30(26,27)25-14-8-11-16(21)17(22)12-14/h2-12,25H,1H3,(H2,23,24,29). The van der Waals surface area contributed by atoms with Crippen LogP contribution in [0.15, 0.2) is 71.6 Å². The van der Waals surface area contributed by atoms with E-state index in [-0.39, 0.29) is 9.92 Å². The molecule has 0 spiro atoms. The Balaban J connectivity index is 1.67. The van der Waals surface area contributed by atoms with Crippen LogP contribution in [0.4, 0.5) is 17.1 Å². The number of sulfonamides is 1. The molecule has 0 aliphatic rings. The molecule has 3 N–H and O–H groups in total. The van der Waals surface area contributed by atoms with Gasteiger partial charge >= 0.3 is 0 Å². The van der Waals surface area contributed by atoms with E-state index >= 15 is 0 Å². The van der Waals surface area contributed by atoms with Gasteiger partial charge in [0.25, 0.3) is 10.0 Å². The van der Waals surface area contributed by atoms with E-state index in [1.807, 2.05) is 24.3 Å². The van der Waals surface area contributed by atoms with Crippen LogP contribution in [-0.4, -0.2) is 20.6 Å². The molecule has 0 fully saturated rings. The molecule has 0 unspecified atom stereocenters. The molecule has 0 saturated heterocycles. The van der Waals surface area contributed by atoms with Crippen molar-refractivity contribution in [2.24, 2.45) is 0 Å². The van der Waals surface area contributed by atoms with Gasteiger partial charge in [0, 0.05) is 5.69 Å². The number of para-hydroxylation sites is 2. The van der Waals surface area contributed by atoms with E-state index in [1.165, 1.54) is 30.3 Å². The smallest absolute Gasteiger partial charge is 0.261 e. The fourth-order valence-electron chi connectivity index (χ4n) is 2.52. The molecule has 0 aliphatic heterocycles. The third kappa shape index (κ3) is 5.54. The van der Waals surface area contributed by atoms with E-state index in [4.69, 9.17) is 40.2 Å². The molecule has 156 valence electrons. The van der Waals surface area contributed by atoms with Crippen LogP contribution in [0.1, 0.15) is 0 Å². The third-order valence-corrected chi connectivity index (χ3v) is 6.29. The van der Waals surface area contributed by atoms with E-state index in [0.717, 1.165) is 0 Å². The van der Waals surface area contributed by atoms with Crippen molar-refractivity contribution >= 4 is 67.6 Å². The van der Waals surface area contributed by atoms with E-state index in [0.29, 0.717) is 32.9 Å². The maximum Gasteiger partial charge on any atom is 0.261 e. The van der Waals surface area contributed by atoms with Crippen LogP contribution in [0.25, 0.3) is 0 Å². The maximum atomic E-state index is 12.6. The van der Waals surface area contributed by atoms with Crippen LogP contribution in [0.5, 0.6) is 5.75 Å². The second kappa shape index (κ2) is 9.53. The minimum atomic E-state index is -3.79. The van der Waals surface area contributed by atoms with Crippen molar-refractivity contribution in [1.29, 1.82) is 0 Å². The van der Waals surface area contributed by atoms with Gasteiger partial charge in [-0.25, -0.2) is 8.42 Å². The highest BCUT2D eigenvalue weighted by molar-refractivity contribution is 7.92. The van der Waals surface area contributed by atoms with Gasteiger partial charge in [0.05, 0.1) is 33.4 Å². The molecule has 0 aliphatic carbocycles. The highest BCUT2D eigenvalue weighted by atomic mass is 35.5. The van der Waals surface area contributed by atoms with E-state index in [9.17, 15) is 8.42 Å². The van der Waals surface area contributed by atoms with Crippen LogP contribution in [-0.2, 0) is 10.0 Å².